The van der Waals surface area contributed by atoms with Gasteiger partial charge in [0.15, 0.2) is 0 Å². The lowest BCUT2D eigenvalue weighted by atomic mass is 9.53. The highest BCUT2D eigenvalue weighted by molar-refractivity contribution is 5.99. The molecule has 2 bridgehead atoms. The highest BCUT2D eigenvalue weighted by Gasteiger charge is 2.73. The number of piperidine rings is 2. The van der Waals surface area contributed by atoms with Gasteiger partial charge in [-0.3, -0.25) is 9.69 Å². The van der Waals surface area contributed by atoms with Crippen molar-refractivity contribution in [2.75, 3.05) is 24.6 Å². The van der Waals surface area contributed by atoms with E-state index < -0.39 is 6.10 Å². The molecular formula is C21H22N2O3. The molecule has 5 nitrogen and oxygen atoms in total. The molecule has 7 rings (SSSR count). The Kier molecular flexibility index (Phi) is 2.44. The van der Waals surface area contributed by atoms with Crippen LogP contribution in [0.15, 0.2) is 35.9 Å². The van der Waals surface area contributed by atoms with Gasteiger partial charge in [0.25, 0.3) is 0 Å². The number of nitrogens with zero attached hydrogens (tertiary/aromatic N) is 2. The smallest absolute Gasteiger partial charge is 0.229 e. The molecule has 1 aliphatic carbocycles. The first-order chi connectivity index (χ1) is 12.7. The van der Waals surface area contributed by atoms with Gasteiger partial charge in [-0.1, -0.05) is 29.8 Å². The van der Waals surface area contributed by atoms with Gasteiger partial charge >= 0.3 is 0 Å². The minimum Gasteiger partial charge on any atom is -0.391 e. The van der Waals surface area contributed by atoms with Crippen LogP contribution in [0.5, 0.6) is 0 Å². The molecule has 5 aliphatic heterocycles. The van der Waals surface area contributed by atoms with Gasteiger partial charge in [0.1, 0.15) is 0 Å². The Morgan fingerprint density at radius 3 is 3.08 bits per heavy atom. The van der Waals surface area contributed by atoms with Crippen LogP contribution in [-0.2, 0) is 14.9 Å². The Morgan fingerprint density at radius 1 is 1.27 bits per heavy atom. The van der Waals surface area contributed by atoms with Crippen LogP contribution < -0.4 is 4.90 Å². The molecule has 2 unspecified atom stereocenters. The van der Waals surface area contributed by atoms with Gasteiger partial charge in [-0.15, -0.1) is 0 Å². The summed E-state index contributed by atoms with van der Waals surface area (Å²) in [5.74, 6) is 0.937. The van der Waals surface area contributed by atoms with Crippen molar-refractivity contribution in [1.29, 1.82) is 0 Å². The molecule has 134 valence electrons. The van der Waals surface area contributed by atoms with E-state index >= 15 is 0 Å². The normalized spacial score (nSPS) is 47.5. The minimum absolute atomic E-state index is 0.0195. The molecule has 1 aromatic rings. The topological polar surface area (TPSA) is 53.0 Å². The number of rotatable bonds is 0. The van der Waals surface area contributed by atoms with Crippen LogP contribution >= 0.6 is 0 Å². The van der Waals surface area contributed by atoms with E-state index in [0.29, 0.717) is 37.5 Å². The van der Waals surface area contributed by atoms with Crippen molar-refractivity contribution in [3.8, 4) is 0 Å². The third-order valence-electron chi connectivity index (χ3n) is 8.25. The summed E-state index contributed by atoms with van der Waals surface area (Å²) in [6.45, 7) is 2.28. The summed E-state index contributed by atoms with van der Waals surface area (Å²) in [4.78, 5) is 17.7. The number of aliphatic hydroxyl groups is 1. The summed E-state index contributed by atoms with van der Waals surface area (Å²) >= 11 is 0. The zero-order valence-corrected chi connectivity index (χ0v) is 14.5. The number of anilines is 1. The Hall–Kier alpha value is -1.69. The molecule has 26 heavy (non-hydrogen) atoms. The van der Waals surface area contributed by atoms with Crippen LogP contribution in [0.4, 0.5) is 5.69 Å². The molecule has 0 radical (unpaired) electrons. The van der Waals surface area contributed by atoms with Crippen molar-refractivity contribution in [2.24, 2.45) is 11.8 Å². The van der Waals surface area contributed by atoms with E-state index in [2.05, 4.69) is 34.1 Å². The van der Waals surface area contributed by atoms with Crippen molar-refractivity contribution in [1.82, 2.24) is 4.90 Å². The molecule has 7 atom stereocenters. The maximum atomic E-state index is 13.2. The number of carbonyl (C=O) groups excluding carboxylic acids is 1. The standard InChI is InChI=1S/C21H22N2O3/c24-17-10-22-9-11-5-6-26-15-8-18(25)23-14-4-2-1-3-13(14)21(17)16(22)7-12(11)19(15)20(21)23/h1-5,12,15-17,19-20,24H,6-10H2/t12-,15-,16?,17+,19-,20-,21?/m0/s1. The first-order valence-electron chi connectivity index (χ1n) is 9.85. The monoisotopic (exact) mass is 350 g/mol. The van der Waals surface area contributed by atoms with E-state index in [9.17, 15) is 9.90 Å². The second kappa shape index (κ2) is 4.41. The summed E-state index contributed by atoms with van der Waals surface area (Å²) in [6.07, 6.45) is 3.35. The number of carbonyl (C=O) groups is 1. The first kappa shape index (κ1) is 14.4. The molecule has 4 fully saturated rings. The summed E-state index contributed by atoms with van der Waals surface area (Å²) in [6, 6.07) is 8.66. The fourth-order valence-corrected chi connectivity index (χ4v) is 7.55. The van der Waals surface area contributed by atoms with E-state index in [4.69, 9.17) is 4.74 Å². The van der Waals surface area contributed by atoms with Gasteiger partial charge in [0.2, 0.25) is 5.91 Å². The van der Waals surface area contributed by atoms with E-state index in [1.807, 2.05) is 6.07 Å². The zero-order chi connectivity index (χ0) is 17.2. The van der Waals surface area contributed by atoms with Crippen molar-refractivity contribution in [2.45, 2.75) is 42.5 Å². The van der Waals surface area contributed by atoms with Crippen molar-refractivity contribution in [3.05, 3.63) is 41.5 Å². The molecule has 1 aromatic carbocycles. The lowest BCUT2D eigenvalue weighted by molar-refractivity contribution is -0.133. The molecule has 1 N–H and O–H groups in total. The van der Waals surface area contributed by atoms with Crippen LogP contribution in [0, 0.1) is 11.8 Å². The number of fused-ring (bicyclic) bond motifs is 2. The van der Waals surface area contributed by atoms with Crippen molar-refractivity contribution in [3.63, 3.8) is 0 Å². The van der Waals surface area contributed by atoms with Crippen molar-refractivity contribution >= 4 is 11.6 Å². The van der Waals surface area contributed by atoms with Gasteiger partial charge in [-0.2, -0.15) is 0 Å². The Morgan fingerprint density at radius 2 is 2.15 bits per heavy atom. The van der Waals surface area contributed by atoms with Gasteiger partial charge in [-0.05, 0) is 24.0 Å². The lowest BCUT2D eigenvalue weighted by Gasteiger charge is -2.59. The Labute approximate surface area is 152 Å². The van der Waals surface area contributed by atoms with Gasteiger partial charge in [0.05, 0.1) is 36.7 Å². The van der Waals surface area contributed by atoms with Gasteiger partial charge in [-0.25, -0.2) is 0 Å². The average molecular weight is 350 g/mol. The number of hydrogen-bond acceptors (Lipinski definition) is 4. The fraction of sp³-hybridized carbons (Fsp3) is 0.571. The number of aliphatic hydroxyl groups excluding tert-OH is 1. The van der Waals surface area contributed by atoms with Crippen LogP contribution in [0.1, 0.15) is 18.4 Å². The van der Waals surface area contributed by atoms with Crippen LogP contribution in [-0.4, -0.2) is 59.9 Å². The molecule has 1 spiro atoms. The summed E-state index contributed by atoms with van der Waals surface area (Å²) in [5.41, 5.74) is 3.34. The average Bonchev–Trinajstić information content (AvgIpc) is 3.05. The second-order valence-electron chi connectivity index (χ2n) is 8.89. The maximum Gasteiger partial charge on any atom is 0.229 e. The first-order valence-corrected chi connectivity index (χ1v) is 9.85. The highest BCUT2D eigenvalue weighted by atomic mass is 16.5. The van der Waals surface area contributed by atoms with Gasteiger partial charge in [0, 0.05) is 30.7 Å². The van der Waals surface area contributed by atoms with E-state index in [1.165, 1.54) is 11.1 Å². The van der Waals surface area contributed by atoms with E-state index in [1.54, 1.807) is 0 Å². The molecular weight excluding hydrogens is 328 g/mol. The van der Waals surface area contributed by atoms with Gasteiger partial charge < -0.3 is 14.7 Å². The van der Waals surface area contributed by atoms with Crippen LogP contribution in [0.25, 0.3) is 0 Å². The van der Waals surface area contributed by atoms with Crippen LogP contribution in [0.2, 0.25) is 0 Å². The minimum atomic E-state index is -0.433. The zero-order valence-electron chi connectivity index (χ0n) is 14.5. The predicted octanol–water partition coefficient (Wildman–Crippen LogP) is 1.06. The largest absolute Gasteiger partial charge is 0.391 e. The lowest BCUT2D eigenvalue weighted by Crippen LogP contribution is -2.71. The quantitative estimate of drug-likeness (QED) is 0.711. The number of para-hydroxylation sites is 1. The summed E-state index contributed by atoms with van der Waals surface area (Å²) in [7, 11) is 0. The Bertz CT molecular complexity index is 882. The molecule has 1 saturated carbocycles. The van der Waals surface area contributed by atoms with E-state index in [-0.39, 0.29) is 23.5 Å². The second-order valence-corrected chi connectivity index (χ2v) is 8.89. The molecule has 5 heterocycles. The Balaban J connectivity index is 1.57. The molecule has 3 saturated heterocycles. The summed E-state index contributed by atoms with van der Waals surface area (Å²) in [5, 5.41) is 11.4. The van der Waals surface area contributed by atoms with E-state index in [0.717, 1.165) is 18.7 Å². The molecule has 0 aromatic heterocycles. The SMILES string of the molecule is O=C1C[C@@H]2OCC=C3CN4C[C@@H](O)C56c7ccccc7N1[C@H]5[C@H]2[C@H]3CC46. The predicted molar refractivity (Wildman–Crippen MR) is 94.8 cm³/mol. The third-order valence-corrected chi connectivity index (χ3v) is 8.25. The maximum absolute atomic E-state index is 13.2. The third kappa shape index (κ3) is 1.33. The number of hydrogen-bond donors (Lipinski definition) is 1. The molecule has 1 amide bonds. The fourth-order valence-electron chi connectivity index (χ4n) is 7.55. The van der Waals surface area contributed by atoms with Crippen LogP contribution in [0.3, 0.4) is 0 Å². The number of benzene rings is 1. The highest BCUT2D eigenvalue weighted by Crippen LogP contribution is 2.65. The summed E-state index contributed by atoms with van der Waals surface area (Å²) < 4.78 is 6.20. The van der Waals surface area contributed by atoms with Crippen molar-refractivity contribution < 1.29 is 14.6 Å². The molecule has 5 heteroatoms. The molecule has 6 aliphatic rings. The number of amides is 1. The number of ether oxygens (including phenoxy) is 1.